The third-order valence-electron chi connectivity index (χ3n) is 5.18. The van der Waals surface area contributed by atoms with Gasteiger partial charge in [0, 0.05) is 28.4 Å². The van der Waals surface area contributed by atoms with Crippen molar-refractivity contribution in [3.63, 3.8) is 0 Å². The standard InChI is InChI=1S/C25H22ClN5OS/c1-3-16-7-9-17(10-8-16)23-18(13-27)24(29)31-25(19(23)14-28)33-12-11-22(32)30-21-6-4-5-20(26)15(21)2/h4-10H,3,11-12H2,1-2H3,(H2,29,31)(H,30,32). The molecule has 33 heavy (non-hydrogen) atoms. The molecule has 3 aromatic rings. The molecule has 166 valence electrons. The molecule has 0 fully saturated rings. The van der Waals surface area contributed by atoms with Gasteiger partial charge in [0.1, 0.15) is 28.5 Å². The Balaban J connectivity index is 1.82. The molecule has 3 rings (SSSR count). The summed E-state index contributed by atoms with van der Waals surface area (Å²) < 4.78 is 0. The average Bonchev–Trinajstić information content (AvgIpc) is 2.81. The van der Waals surface area contributed by atoms with Crippen LogP contribution in [0, 0.1) is 29.6 Å². The number of thioether (sulfide) groups is 1. The maximum Gasteiger partial charge on any atom is 0.225 e. The maximum atomic E-state index is 12.4. The number of nitriles is 2. The summed E-state index contributed by atoms with van der Waals surface area (Å²) in [6, 6.07) is 17.3. The van der Waals surface area contributed by atoms with Crippen LogP contribution in [0.2, 0.25) is 5.02 Å². The van der Waals surface area contributed by atoms with Gasteiger partial charge in [-0.25, -0.2) is 4.98 Å². The van der Waals surface area contributed by atoms with Gasteiger partial charge < -0.3 is 11.1 Å². The number of nitrogens with one attached hydrogen (secondary N) is 1. The quantitative estimate of drug-likeness (QED) is 0.422. The summed E-state index contributed by atoms with van der Waals surface area (Å²) in [6.07, 6.45) is 1.08. The minimum Gasteiger partial charge on any atom is -0.383 e. The first-order chi connectivity index (χ1) is 15.9. The molecule has 0 bridgehead atoms. The number of amides is 1. The average molecular weight is 476 g/mol. The highest BCUT2D eigenvalue weighted by atomic mass is 35.5. The molecule has 2 aromatic carbocycles. The van der Waals surface area contributed by atoms with Gasteiger partial charge in [0.2, 0.25) is 5.91 Å². The lowest BCUT2D eigenvalue weighted by molar-refractivity contribution is -0.115. The number of nitrogens with zero attached hydrogens (tertiary/aromatic N) is 3. The first-order valence-corrected chi connectivity index (χ1v) is 11.7. The molecule has 0 aliphatic heterocycles. The van der Waals surface area contributed by atoms with E-state index in [4.69, 9.17) is 17.3 Å². The van der Waals surface area contributed by atoms with Gasteiger partial charge in [-0.2, -0.15) is 10.5 Å². The summed E-state index contributed by atoms with van der Waals surface area (Å²) >= 11 is 7.37. The molecule has 0 atom stereocenters. The van der Waals surface area contributed by atoms with Crippen LogP contribution in [-0.2, 0) is 11.2 Å². The Kier molecular flexibility index (Phi) is 7.95. The molecule has 0 unspecified atom stereocenters. The van der Waals surface area contributed by atoms with E-state index in [1.165, 1.54) is 11.8 Å². The third-order valence-corrected chi connectivity index (χ3v) is 6.56. The Morgan fingerprint density at radius 1 is 1.15 bits per heavy atom. The molecule has 0 spiro atoms. The maximum absolute atomic E-state index is 12.4. The van der Waals surface area contributed by atoms with E-state index in [2.05, 4.69) is 29.4 Å². The van der Waals surface area contributed by atoms with E-state index in [1.54, 1.807) is 18.2 Å². The summed E-state index contributed by atoms with van der Waals surface area (Å²) in [4.78, 5) is 16.7. The number of hydrogen-bond acceptors (Lipinski definition) is 6. The molecule has 0 radical (unpaired) electrons. The van der Waals surface area contributed by atoms with E-state index in [0.717, 1.165) is 23.1 Å². The topological polar surface area (TPSA) is 116 Å². The predicted octanol–water partition coefficient (Wildman–Crippen LogP) is 5.72. The number of carbonyl (C=O) groups excluding carboxylic acids is 1. The summed E-state index contributed by atoms with van der Waals surface area (Å²) in [5.74, 6) is 0.267. The van der Waals surface area contributed by atoms with E-state index in [0.29, 0.717) is 27.1 Å². The van der Waals surface area contributed by atoms with Crippen LogP contribution in [0.1, 0.15) is 35.6 Å². The minimum absolute atomic E-state index is 0.0626. The van der Waals surface area contributed by atoms with Crippen molar-refractivity contribution in [1.82, 2.24) is 4.98 Å². The zero-order chi connectivity index (χ0) is 24.0. The molecule has 8 heteroatoms. The van der Waals surface area contributed by atoms with Crippen molar-refractivity contribution in [1.29, 1.82) is 10.5 Å². The zero-order valence-electron chi connectivity index (χ0n) is 18.3. The molecule has 0 aliphatic rings. The number of hydrogen-bond donors (Lipinski definition) is 2. The summed E-state index contributed by atoms with van der Waals surface area (Å²) in [6.45, 7) is 3.89. The second-order valence-electron chi connectivity index (χ2n) is 7.26. The van der Waals surface area contributed by atoms with Crippen LogP contribution >= 0.6 is 23.4 Å². The normalized spacial score (nSPS) is 10.3. The Hall–Kier alpha value is -3.52. The van der Waals surface area contributed by atoms with Crippen LogP contribution in [0.4, 0.5) is 11.5 Å². The second kappa shape index (κ2) is 10.9. The van der Waals surface area contributed by atoms with Crippen molar-refractivity contribution >= 4 is 40.8 Å². The van der Waals surface area contributed by atoms with Crippen LogP contribution in [0.15, 0.2) is 47.5 Å². The molecular formula is C25H22ClN5OS. The van der Waals surface area contributed by atoms with Crippen LogP contribution in [0.5, 0.6) is 0 Å². The van der Waals surface area contributed by atoms with E-state index in [9.17, 15) is 15.3 Å². The smallest absolute Gasteiger partial charge is 0.225 e. The molecule has 1 heterocycles. The van der Waals surface area contributed by atoms with E-state index >= 15 is 0 Å². The lowest BCUT2D eigenvalue weighted by atomic mass is 9.96. The number of nitrogen functional groups attached to an aromatic ring is 1. The Labute approximate surface area is 202 Å². The number of rotatable bonds is 7. The molecule has 0 saturated carbocycles. The lowest BCUT2D eigenvalue weighted by Gasteiger charge is -2.13. The van der Waals surface area contributed by atoms with Gasteiger partial charge in [0.25, 0.3) is 0 Å². The summed E-state index contributed by atoms with van der Waals surface area (Å²) in [5.41, 5.74) is 10.3. The first kappa shape index (κ1) is 24.1. The SMILES string of the molecule is CCc1ccc(-c2c(C#N)c(N)nc(SCCC(=O)Nc3cccc(Cl)c3C)c2C#N)cc1. The summed E-state index contributed by atoms with van der Waals surface area (Å²) in [7, 11) is 0. The fourth-order valence-corrected chi connectivity index (χ4v) is 4.40. The number of carbonyl (C=O) groups is 1. The van der Waals surface area contributed by atoms with Gasteiger partial charge in [0.05, 0.1) is 5.56 Å². The molecule has 0 saturated heterocycles. The van der Waals surface area contributed by atoms with Crippen molar-refractivity contribution in [3.05, 3.63) is 69.7 Å². The fourth-order valence-electron chi connectivity index (χ4n) is 3.29. The molecule has 1 amide bonds. The Bertz CT molecular complexity index is 1280. The lowest BCUT2D eigenvalue weighted by Crippen LogP contribution is -2.13. The highest BCUT2D eigenvalue weighted by Gasteiger charge is 2.20. The van der Waals surface area contributed by atoms with Crippen LogP contribution in [0.3, 0.4) is 0 Å². The molecule has 1 aromatic heterocycles. The highest BCUT2D eigenvalue weighted by Crippen LogP contribution is 2.36. The number of anilines is 2. The van der Waals surface area contributed by atoms with Gasteiger partial charge in [-0.1, -0.05) is 48.9 Å². The molecule has 6 nitrogen and oxygen atoms in total. The molecular weight excluding hydrogens is 454 g/mol. The van der Waals surface area contributed by atoms with Crippen molar-refractivity contribution in [3.8, 4) is 23.3 Å². The third kappa shape index (κ3) is 5.46. The van der Waals surface area contributed by atoms with Crippen LogP contribution in [0.25, 0.3) is 11.1 Å². The number of aryl methyl sites for hydroxylation is 1. The predicted molar refractivity (Wildman–Crippen MR) is 133 cm³/mol. The highest BCUT2D eigenvalue weighted by molar-refractivity contribution is 7.99. The number of nitrogens with two attached hydrogens (primary N) is 1. The first-order valence-electron chi connectivity index (χ1n) is 10.3. The number of benzene rings is 2. The van der Waals surface area contributed by atoms with E-state index < -0.39 is 0 Å². The van der Waals surface area contributed by atoms with E-state index in [-0.39, 0.29) is 29.3 Å². The number of halogens is 1. The zero-order valence-corrected chi connectivity index (χ0v) is 19.8. The van der Waals surface area contributed by atoms with Crippen molar-refractivity contribution in [2.24, 2.45) is 0 Å². The van der Waals surface area contributed by atoms with Crippen molar-refractivity contribution < 1.29 is 4.79 Å². The Morgan fingerprint density at radius 3 is 2.48 bits per heavy atom. The molecule has 0 aliphatic carbocycles. The monoisotopic (exact) mass is 475 g/mol. The number of aromatic nitrogens is 1. The van der Waals surface area contributed by atoms with Crippen LogP contribution in [-0.4, -0.2) is 16.6 Å². The fraction of sp³-hybridized carbons (Fsp3) is 0.200. The van der Waals surface area contributed by atoms with Crippen molar-refractivity contribution in [2.75, 3.05) is 16.8 Å². The van der Waals surface area contributed by atoms with Gasteiger partial charge in [-0.15, -0.1) is 11.8 Å². The van der Waals surface area contributed by atoms with Gasteiger partial charge in [-0.05, 0) is 42.2 Å². The second-order valence-corrected chi connectivity index (χ2v) is 8.75. The Morgan fingerprint density at radius 2 is 1.85 bits per heavy atom. The summed E-state index contributed by atoms with van der Waals surface area (Å²) in [5, 5.41) is 23.4. The van der Waals surface area contributed by atoms with E-state index in [1.807, 2.05) is 31.2 Å². The van der Waals surface area contributed by atoms with Crippen LogP contribution < -0.4 is 11.1 Å². The molecule has 3 N–H and O–H groups in total. The largest absolute Gasteiger partial charge is 0.383 e. The van der Waals surface area contributed by atoms with Gasteiger partial charge >= 0.3 is 0 Å². The van der Waals surface area contributed by atoms with Crippen molar-refractivity contribution in [2.45, 2.75) is 31.7 Å². The number of pyridine rings is 1. The van der Waals surface area contributed by atoms with Gasteiger partial charge in [0.15, 0.2) is 0 Å². The van der Waals surface area contributed by atoms with Gasteiger partial charge in [-0.3, -0.25) is 4.79 Å². The minimum atomic E-state index is -0.177.